The second kappa shape index (κ2) is 6.43. The Kier molecular flexibility index (Phi) is 4.63. The number of aliphatic hydroxyl groups is 1. The molecule has 108 valence electrons. The van der Waals surface area contributed by atoms with Crippen molar-refractivity contribution in [2.24, 2.45) is 0 Å². The Labute approximate surface area is 118 Å². The lowest BCUT2D eigenvalue weighted by Crippen LogP contribution is -2.26. The van der Waals surface area contributed by atoms with Gasteiger partial charge in [0, 0.05) is 24.5 Å². The van der Waals surface area contributed by atoms with Crippen LogP contribution in [0.2, 0.25) is 0 Å². The lowest BCUT2D eigenvalue weighted by Gasteiger charge is -2.14. The average molecular weight is 276 g/mol. The Balaban J connectivity index is 2.19. The number of hydrogen-bond donors (Lipinski definition) is 1. The van der Waals surface area contributed by atoms with E-state index < -0.39 is 6.10 Å². The van der Waals surface area contributed by atoms with Gasteiger partial charge in [-0.15, -0.1) is 0 Å². The second-order valence-electron chi connectivity index (χ2n) is 4.68. The number of aliphatic hydroxyl groups excluding tert-OH is 1. The normalized spacial score (nSPS) is 12.3. The third-order valence-electron chi connectivity index (χ3n) is 3.25. The molecule has 0 spiro atoms. The Bertz CT molecular complexity index is 616. The van der Waals surface area contributed by atoms with Gasteiger partial charge in [-0.05, 0) is 12.5 Å². The number of aromatic nitrogens is 2. The summed E-state index contributed by atoms with van der Waals surface area (Å²) in [4.78, 5) is 12.1. The van der Waals surface area contributed by atoms with E-state index in [4.69, 9.17) is 4.74 Å². The number of para-hydroxylation sites is 1. The van der Waals surface area contributed by atoms with Crippen molar-refractivity contribution in [3.05, 3.63) is 52.7 Å². The van der Waals surface area contributed by atoms with Gasteiger partial charge >= 0.3 is 5.69 Å². The minimum Gasteiger partial charge on any atom is -0.496 e. The molecule has 5 heteroatoms. The topological polar surface area (TPSA) is 56.4 Å². The van der Waals surface area contributed by atoms with Gasteiger partial charge in [-0.2, -0.15) is 0 Å². The largest absolute Gasteiger partial charge is 0.496 e. The lowest BCUT2D eigenvalue weighted by atomic mass is 10.1. The van der Waals surface area contributed by atoms with Gasteiger partial charge in [-0.3, -0.25) is 9.13 Å². The van der Waals surface area contributed by atoms with Gasteiger partial charge in [-0.1, -0.05) is 25.1 Å². The van der Waals surface area contributed by atoms with Crippen LogP contribution in [0.3, 0.4) is 0 Å². The zero-order valence-corrected chi connectivity index (χ0v) is 11.8. The molecular weight excluding hydrogens is 256 g/mol. The summed E-state index contributed by atoms with van der Waals surface area (Å²) >= 11 is 0. The third-order valence-corrected chi connectivity index (χ3v) is 3.25. The van der Waals surface area contributed by atoms with Gasteiger partial charge in [0.05, 0.1) is 13.7 Å². The summed E-state index contributed by atoms with van der Waals surface area (Å²) in [5, 5.41) is 10.3. The number of methoxy groups -OCH3 is 1. The Morgan fingerprint density at radius 2 is 1.95 bits per heavy atom. The van der Waals surface area contributed by atoms with Crippen molar-refractivity contribution in [2.75, 3.05) is 7.11 Å². The maximum atomic E-state index is 12.1. The Hall–Kier alpha value is -2.01. The van der Waals surface area contributed by atoms with E-state index in [1.54, 1.807) is 36.2 Å². The van der Waals surface area contributed by atoms with E-state index >= 15 is 0 Å². The first-order valence-corrected chi connectivity index (χ1v) is 6.74. The van der Waals surface area contributed by atoms with Gasteiger partial charge in [0.15, 0.2) is 0 Å². The number of nitrogens with zero attached hydrogens (tertiary/aromatic N) is 2. The molecule has 0 fully saturated rings. The first-order valence-electron chi connectivity index (χ1n) is 6.74. The predicted molar refractivity (Wildman–Crippen MR) is 76.9 cm³/mol. The van der Waals surface area contributed by atoms with Gasteiger partial charge in [0.25, 0.3) is 0 Å². The minimum absolute atomic E-state index is 0.0965. The molecule has 0 saturated carbocycles. The van der Waals surface area contributed by atoms with E-state index in [9.17, 15) is 9.90 Å². The molecule has 0 amide bonds. The van der Waals surface area contributed by atoms with Crippen molar-refractivity contribution in [1.29, 1.82) is 0 Å². The maximum absolute atomic E-state index is 12.1. The van der Waals surface area contributed by atoms with E-state index in [0.717, 1.165) is 6.42 Å². The standard InChI is InChI=1S/C15H20N2O3/c1-3-8-16-9-10-17(15(16)19)11-13(18)12-6-4-5-7-14(12)20-2/h4-7,9-10,13,18H,3,8,11H2,1-2H3. The highest BCUT2D eigenvalue weighted by atomic mass is 16.5. The number of imidazole rings is 1. The summed E-state index contributed by atoms with van der Waals surface area (Å²) < 4.78 is 8.39. The number of hydrogen-bond acceptors (Lipinski definition) is 3. The van der Waals surface area contributed by atoms with E-state index in [2.05, 4.69) is 0 Å². The van der Waals surface area contributed by atoms with Crippen LogP contribution in [0, 0.1) is 0 Å². The third kappa shape index (κ3) is 2.93. The highest BCUT2D eigenvalue weighted by Crippen LogP contribution is 2.25. The van der Waals surface area contributed by atoms with Crippen LogP contribution >= 0.6 is 0 Å². The van der Waals surface area contributed by atoms with Crippen molar-refractivity contribution in [3.8, 4) is 5.75 Å². The van der Waals surface area contributed by atoms with Gasteiger partial charge < -0.3 is 9.84 Å². The van der Waals surface area contributed by atoms with Crippen molar-refractivity contribution < 1.29 is 9.84 Å². The molecule has 2 aromatic rings. The fourth-order valence-electron chi connectivity index (χ4n) is 2.23. The molecule has 0 bridgehead atoms. The van der Waals surface area contributed by atoms with Crippen LogP contribution in [0.5, 0.6) is 5.75 Å². The molecule has 1 N–H and O–H groups in total. The molecule has 1 atom stereocenters. The fourth-order valence-corrected chi connectivity index (χ4v) is 2.23. The average Bonchev–Trinajstić information content (AvgIpc) is 2.80. The van der Waals surface area contributed by atoms with E-state index in [0.29, 0.717) is 17.9 Å². The van der Waals surface area contributed by atoms with Crippen LogP contribution in [-0.4, -0.2) is 21.4 Å². The Morgan fingerprint density at radius 3 is 2.65 bits per heavy atom. The van der Waals surface area contributed by atoms with Crippen molar-refractivity contribution >= 4 is 0 Å². The molecule has 0 aliphatic carbocycles. The first kappa shape index (κ1) is 14.4. The summed E-state index contributed by atoms with van der Waals surface area (Å²) in [6.07, 6.45) is 3.58. The Morgan fingerprint density at radius 1 is 1.25 bits per heavy atom. The zero-order chi connectivity index (χ0) is 14.5. The lowest BCUT2D eigenvalue weighted by molar-refractivity contribution is 0.151. The summed E-state index contributed by atoms with van der Waals surface area (Å²) in [5.74, 6) is 0.626. The molecule has 1 aromatic carbocycles. The summed E-state index contributed by atoms with van der Waals surface area (Å²) in [6, 6.07) is 7.28. The fraction of sp³-hybridized carbons (Fsp3) is 0.400. The molecule has 20 heavy (non-hydrogen) atoms. The number of ether oxygens (including phenoxy) is 1. The highest BCUT2D eigenvalue weighted by Gasteiger charge is 2.14. The summed E-state index contributed by atoms with van der Waals surface area (Å²) in [7, 11) is 1.56. The SMILES string of the molecule is CCCn1ccn(CC(O)c2ccccc2OC)c1=O. The predicted octanol–water partition coefficient (Wildman–Crippen LogP) is 1.80. The van der Waals surface area contributed by atoms with Crippen molar-refractivity contribution in [3.63, 3.8) is 0 Å². The van der Waals surface area contributed by atoms with Crippen LogP contribution in [0.15, 0.2) is 41.5 Å². The molecule has 0 radical (unpaired) electrons. The van der Waals surface area contributed by atoms with Gasteiger partial charge in [-0.25, -0.2) is 4.79 Å². The van der Waals surface area contributed by atoms with Crippen LogP contribution in [0.25, 0.3) is 0 Å². The van der Waals surface area contributed by atoms with Gasteiger partial charge in [0.1, 0.15) is 11.9 Å². The minimum atomic E-state index is -0.777. The van der Waals surface area contributed by atoms with Crippen LogP contribution in [0.4, 0.5) is 0 Å². The molecular formula is C15H20N2O3. The van der Waals surface area contributed by atoms with Crippen LogP contribution in [-0.2, 0) is 13.1 Å². The van der Waals surface area contributed by atoms with Crippen molar-refractivity contribution in [2.45, 2.75) is 32.5 Å². The first-order chi connectivity index (χ1) is 9.67. The quantitative estimate of drug-likeness (QED) is 0.875. The molecule has 1 heterocycles. The van der Waals surface area contributed by atoms with E-state index in [1.807, 2.05) is 19.1 Å². The summed E-state index contributed by atoms with van der Waals surface area (Å²) in [5.41, 5.74) is 0.589. The smallest absolute Gasteiger partial charge is 0.328 e. The van der Waals surface area contributed by atoms with Crippen molar-refractivity contribution in [1.82, 2.24) is 9.13 Å². The second-order valence-corrected chi connectivity index (χ2v) is 4.68. The molecule has 0 aliphatic heterocycles. The number of aryl methyl sites for hydroxylation is 1. The summed E-state index contributed by atoms with van der Waals surface area (Å²) in [6.45, 7) is 2.93. The maximum Gasteiger partial charge on any atom is 0.328 e. The molecule has 1 unspecified atom stereocenters. The zero-order valence-electron chi connectivity index (χ0n) is 11.8. The molecule has 0 saturated heterocycles. The van der Waals surface area contributed by atoms with E-state index in [-0.39, 0.29) is 12.2 Å². The number of benzene rings is 1. The van der Waals surface area contributed by atoms with Gasteiger partial charge in [0.2, 0.25) is 0 Å². The highest BCUT2D eigenvalue weighted by molar-refractivity contribution is 5.34. The van der Waals surface area contributed by atoms with Crippen LogP contribution < -0.4 is 10.4 Å². The van der Waals surface area contributed by atoms with Crippen LogP contribution in [0.1, 0.15) is 25.0 Å². The van der Waals surface area contributed by atoms with E-state index in [1.165, 1.54) is 4.57 Å². The molecule has 1 aromatic heterocycles. The molecule has 2 rings (SSSR count). The monoisotopic (exact) mass is 276 g/mol. The molecule has 5 nitrogen and oxygen atoms in total. The number of rotatable bonds is 6. The molecule has 0 aliphatic rings.